The highest BCUT2D eigenvalue weighted by molar-refractivity contribution is 7.19. The minimum absolute atomic E-state index is 0.458. The van der Waals surface area contributed by atoms with Gasteiger partial charge in [0, 0.05) is 36.9 Å². The van der Waals surface area contributed by atoms with Crippen molar-refractivity contribution in [3.05, 3.63) is 28.4 Å². The summed E-state index contributed by atoms with van der Waals surface area (Å²) in [5.41, 5.74) is 1.52. The molecule has 2 aliphatic heterocycles. The summed E-state index contributed by atoms with van der Waals surface area (Å²) >= 11 is 1.88. The van der Waals surface area contributed by atoms with E-state index in [1.165, 1.54) is 70.8 Å². The molecule has 7 heteroatoms. The second-order valence-corrected chi connectivity index (χ2v) is 8.83. The van der Waals surface area contributed by atoms with E-state index in [0.717, 1.165) is 31.9 Å². The molecule has 1 aliphatic carbocycles. The van der Waals surface area contributed by atoms with Crippen LogP contribution in [0, 0.1) is 0 Å². The summed E-state index contributed by atoms with van der Waals surface area (Å²) in [5, 5.41) is 10.3. The molecule has 26 heavy (non-hydrogen) atoms. The fraction of sp³-hybridized carbons (Fsp3) is 0.579. The first-order valence-electron chi connectivity index (χ1n) is 9.80. The molecule has 1 unspecified atom stereocenters. The Hall–Kier alpha value is -2.02. The zero-order chi connectivity index (χ0) is 17.1. The molecule has 3 aliphatic rings. The Balaban J connectivity index is 1.38. The van der Waals surface area contributed by atoms with Crippen molar-refractivity contribution in [3.8, 4) is 0 Å². The molecule has 3 aromatic heterocycles. The zero-order valence-corrected chi connectivity index (χ0v) is 15.6. The maximum atomic E-state index is 4.75. The highest BCUT2D eigenvalue weighted by atomic mass is 32.1. The first kappa shape index (κ1) is 15.1. The van der Waals surface area contributed by atoms with Gasteiger partial charge in [-0.25, -0.2) is 9.97 Å². The molecule has 6 nitrogen and oxygen atoms in total. The van der Waals surface area contributed by atoms with Crippen molar-refractivity contribution in [2.75, 3.05) is 18.0 Å². The second kappa shape index (κ2) is 5.74. The summed E-state index contributed by atoms with van der Waals surface area (Å²) in [7, 11) is 0. The number of fused-ring (bicyclic) bond motifs is 4. The van der Waals surface area contributed by atoms with Gasteiger partial charge in [-0.15, -0.1) is 21.5 Å². The number of anilines is 1. The Morgan fingerprint density at radius 2 is 2.00 bits per heavy atom. The minimum atomic E-state index is 0.458. The Labute approximate surface area is 156 Å². The van der Waals surface area contributed by atoms with Crippen LogP contribution >= 0.6 is 11.3 Å². The van der Waals surface area contributed by atoms with E-state index in [1.54, 1.807) is 6.33 Å². The molecule has 0 N–H and O–H groups in total. The van der Waals surface area contributed by atoms with Crippen molar-refractivity contribution in [1.82, 2.24) is 24.7 Å². The summed E-state index contributed by atoms with van der Waals surface area (Å²) in [6.45, 7) is 3.16. The van der Waals surface area contributed by atoms with Gasteiger partial charge in [0.15, 0.2) is 0 Å². The molecule has 1 atom stereocenters. The first-order chi connectivity index (χ1) is 12.9. The Morgan fingerprint density at radius 3 is 3.00 bits per heavy atom. The summed E-state index contributed by atoms with van der Waals surface area (Å²) in [6, 6.07) is 0. The molecule has 0 radical (unpaired) electrons. The maximum Gasteiger partial charge on any atom is 0.141 e. The molecule has 134 valence electrons. The van der Waals surface area contributed by atoms with Gasteiger partial charge in [-0.1, -0.05) is 0 Å². The lowest BCUT2D eigenvalue weighted by molar-refractivity contribution is 0.471. The summed E-state index contributed by atoms with van der Waals surface area (Å²) < 4.78 is 2.37. The Morgan fingerprint density at radius 1 is 1.00 bits per heavy atom. The summed E-state index contributed by atoms with van der Waals surface area (Å²) in [6.07, 6.45) is 10.1. The largest absolute Gasteiger partial charge is 0.355 e. The van der Waals surface area contributed by atoms with E-state index in [4.69, 9.17) is 4.98 Å². The van der Waals surface area contributed by atoms with Gasteiger partial charge >= 0.3 is 0 Å². The third-order valence-corrected chi connectivity index (χ3v) is 7.41. The van der Waals surface area contributed by atoms with Crippen LogP contribution in [0.5, 0.6) is 0 Å². The highest BCUT2D eigenvalue weighted by Crippen LogP contribution is 2.41. The Bertz CT molecular complexity index is 989. The van der Waals surface area contributed by atoms with E-state index < -0.39 is 0 Å². The van der Waals surface area contributed by atoms with Gasteiger partial charge in [0.2, 0.25) is 0 Å². The van der Waals surface area contributed by atoms with Crippen LogP contribution in [0.4, 0.5) is 5.82 Å². The minimum Gasteiger partial charge on any atom is -0.355 e. The van der Waals surface area contributed by atoms with E-state index in [2.05, 4.69) is 24.6 Å². The average Bonchev–Trinajstić information content (AvgIpc) is 3.41. The van der Waals surface area contributed by atoms with E-state index >= 15 is 0 Å². The standard InChI is InChI=1S/C19H22N6S/c1-5-13-14(6-1)26-19-16(13)18(20-11-21-19)24-8-2-4-12(10-24)17-23-22-15-7-3-9-25(15)17/h11-12H,1-10H2. The van der Waals surface area contributed by atoms with Crippen LogP contribution < -0.4 is 4.90 Å². The van der Waals surface area contributed by atoms with Crippen molar-refractivity contribution in [2.45, 2.75) is 57.4 Å². The van der Waals surface area contributed by atoms with Crippen molar-refractivity contribution >= 4 is 27.4 Å². The molecule has 0 bridgehead atoms. The number of thiophene rings is 1. The molecular formula is C19H22N6S. The topological polar surface area (TPSA) is 59.7 Å². The smallest absolute Gasteiger partial charge is 0.141 e. The third-order valence-electron chi connectivity index (χ3n) is 6.21. The van der Waals surface area contributed by atoms with Gasteiger partial charge in [-0.2, -0.15) is 0 Å². The van der Waals surface area contributed by atoms with Gasteiger partial charge in [-0.05, 0) is 44.1 Å². The zero-order valence-electron chi connectivity index (χ0n) is 14.8. The predicted octanol–water partition coefficient (Wildman–Crippen LogP) is 3.10. The molecule has 6 rings (SSSR count). The van der Waals surface area contributed by atoms with Gasteiger partial charge in [0.05, 0.1) is 5.39 Å². The first-order valence-corrected chi connectivity index (χ1v) is 10.6. The summed E-state index contributed by atoms with van der Waals surface area (Å²) in [4.78, 5) is 14.5. The van der Waals surface area contributed by atoms with Gasteiger partial charge in [-0.3, -0.25) is 0 Å². The molecule has 0 spiro atoms. The number of piperidine rings is 1. The number of nitrogens with zero attached hydrogens (tertiary/aromatic N) is 6. The second-order valence-electron chi connectivity index (χ2n) is 7.75. The van der Waals surface area contributed by atoms with Crippen LogP contribution in [0.1, 0.15) is 53.7 Å². The quantitative estimate of drug-likeness (QED) is 0.697. The van der Waals surface area contributed by atoms with Crippen LogP contribution in [0.2, 0.25) is 0 Å². The SMILES string of the molecule is c1nc(N2CCCC(c3nnc4n3CCC4)C2)c2c3c(sc2n1)CCC3. The van der Waals surface area contributed by atoms with E-state index in [-0.39, 0.29) is 0 Å². The monoisotopic (exact) mass is 366 g/mol. The molecule has 0 amide bonds. The molecule has 0 aromatic carbocycles. The summed E-state index contributed by atoms with van der Waals surface area (Å²) in [5.74, 6) is 3.99. The lowest BCUT2D eigenvalue weighted by Gasteiger charge is -2.33. The number of hydrogen-bond acceptors (Lipinski definition) is 6. The van der Waals surface area contributed by atoms with Crippen LogP contribution in [-0.4, -0.2) is 37.8 Å². The molecule has 1 fully saturated rings. The average molecular weight is 366 g/mol. The lowest BCUT2D eigenvalue weighted by Crippen LogP contribution is -2.36. The number of aryl methyl sites for hydroxylation is 3. The van der Waals surface area contributed by atoms with Gasteiger partial charge < -0.3 is 9.47 Å². The fourth-order valence-corrected chi connectivity index (χ4v) is 6.23. The number of rotatable bonds is 2. The lowest BCUT2D eigenvalue weighted by atomic mass is 9.96. The maximum absolute atomic E-state index is 4.75. The highest BCUT2D eigenvalue weighted by Gasteiger charge is 2.31. The van der Waals surface area contributed by atoms with Crippen LogP contribution in [0.15, 0.2) is 6.33 Å². The third kappa shape index (κ3) is 2.16. The predicted molar refractivity (Wildman–Crippen MR) is 102 cm³/mol. The van der Waals surface area contributed by atoms with Crippen molar-refractivity contribution in [1.29, 1.82) is 0 Å². The number of hydrogen-bond donors (Lipinski definition) is 0. The molecule has 0 saturated carbocycles. The van der Waals surface area contributed by atoms with Crippen LogP contribution in [0.25, 0.3) is 10.2 Å². The number of aromatic nitrogens is 5. The van der Waals surface area contributed by atoms with Crippen molar-refractivity contribution < 1.29 is 0 Å². The van der Waals surface area contributed by atoms with Crippen molar-refractivity contribution in [2.24, 2.45) is 0 Å². The molecule has 5 heterocycles. The fourth-order valence-electron chi connectivity index (χ4n) is 5.01. The molecule has 3 aromatic rings. The molecular weight excluding hydrogens is 344 g/mol. The van der Waals surface area contributed by atoms with Gasteiger partial charge in [0.25, 0.3) is 0 Å². The Kier molecular flexibility index (Phi) is 3.33. The normalized spacial score (nSPS) is 22.2. The van der Waals surface area contributed by atoms with Gasteiger partial charge in [0.1, 0.15) is 28.6 Å². The van der Waals surface area contributed by atoms with Crippen molar-refractivity contribution in [3.63, 3.8) is 0 Å². The van der Waals surface area contributed by atoms with E-state index in [0.29, 0.717) is 5.92 Å². The van der Waals surface area contributed by atoms with E-state index in [9.17, 15) is 0 Å². The van der Waals surface area contributed by atoms with Crippen LogP contribution in [-0.2, 0) is 25.8 Å². The van der Waals surface area contributed by atoms with E-state index in [1.807, 2.05) is 11.3 Å². The van der Waals surface area contributed by atoms with Crippen LogP contribution in [0.3, 0.4) is 0 Å². The molecule has 1 saturated heterocycles.